The molecule has 7 nitrogen and oxygen atoms in total. The van der Waals surface area contributed by atoms with Crippen molar-refractivity contribution < 1.29 is 25.5 Å². The van der Waals surface area contributed by atoms with E-state index in [1.54, 1.807) is 0 Å². The topological polar surface area (TPSA) is 89.5 Å². The molecule has 1 N–H and O–H groups in total. The minimum absolute atomic E-state index is 0. The summed E-state index contributed by atoms with van der Waals surface area (Å²) < 4.78 is 48.1. The Hall–Kier alpha value is -0.220. The van der Waals surface area contributed by atoms with Gasteiger partial charge in [0.25, 0.3) is 10.1 Å². The lowest BCUT2D eigenvalue weighted by molar-refractivity contribution is -0.870. The molecule has 0 aliphatic rings. The van der Waals surface area contributed by atoms with E-state index in [0.29, 0.717) is 6.54 Å². The first-order valence-electron chi connectivity index (χ1n) is 5.27. The molecule has 0 amide bonds. The third-order valence-corrected chi connectivity index (χ3v) is 3.01. The van der Waals surface area contributed by atoms with Crippen molar-refractivity contribution in [3.8, 4) is 0 Å². The summed E-state index contributed by atoms with van der Waals surface area (Å²) in [5, 5.41) is 0. The van der Waals surface area contributed by atoms with E-state index in [0.717, 1.165) is 30.8 Å². The van der Waals surface area contributed by atoms with Crippen molar-refractivity contribution in [1.29, 1.82) is 0 Å². The summed E-state index contributed by atoms with van der Waals surface area (Å²) in [6, 6.07) is 0. The van der Waals surface area contributed by atoms with Crippen molar-refractivity contribution in [3.05, 3.63) is 0 Å². The van der Waals surface area contributed by atoms with Crippen molar-refractivity contribution in [2.45, 2.75) is 13.8 Å². The highest BCUT2D eigenvalue weighted by molar-refractivity contribution is 7.88. The number of nitrogens with zero attached hydrogens (tertiary/aromatic N) is 1. The maximum atomic E-state index is 10.6. The lowest BCUT2D eigenvalue weighted by atomic mass is 10.4. The number of hydrogen-bond donors (Lipinski definition) is 1. The fourth-order valence-corrected chi connectivity index (χ4v) is 1.33. The molecule has 0 bridgehead atoms. The molecule has 0 aromatic carbocycles. The van der Waals surface area contributed by atoms with Gasteiger partial charge in [0, 0.05) is 13.0 Å². The molecule has 0 atom stereocenters. The van der Waals surface area contributed by atoms with Gasteiger partial charge >= 0.3 is 0 Å². The Bertz CT molecular complexity index is 410. The minimum atomic E-state index is -3.16. The highest BCUT2D eigenvalue weighted by Crippen LogP contribution is 1.92. The smallest absolute Gasteiger partial charge is 0.264 e. The zero-order valence-electron chi connectivity index (χ0n) is 11.9. The minimum Gasteiger partial charge on any atom is -0.331 e. The molecular formula is C10H29N2O5S2+. The summed E-state index contributed by atoms with van der Waals surface area (Å²) in [7, 11) is 1.21. The molecule has 19 heavy (non-hydrogen) atoms. The number of rotatable bonds is 6. The van der Waals surface area contributed by atoms with Crippen LogP contribution in [-0.4, -0.2) is 75.2 Å². The Morgan fingerprint density at radius 1 is 1.05 bits per heavy atom. The second kappa shape index (κ2) is 9.65. The van der Waals surface area contributed by atoms with Crippen LogP contribution < -0.4 is 4.72 Å². The van der Waals surface area contributed by atoms with E-state index >= 15 is 0 Å². The Morgan fingerprint density at radius 3 is 1.63 bits per heavy atom. The van der Waals surface area contributed by atoms with Crippen molar-refractivity contribution in [1.82, 2.24) is 4.72 Å². The zero-order chi connectivity index (χ0) is 15.0. The molecule has 0 aliphatic heterocycles. The summed E-state index contributed by atoms with van der Waals surface area (Å²) in [4.78, 5) is 0. The van der Waals surface area contributed by atoms with Gasteiger partial charge in [-0.15, -0.1) is 0 Å². The molecule has 0 saturated heterocycles. The van der Waals surface area contributed by atoms with E-state index in [1.165, 1.54) is 6.26 Å². The van der Waals surface area contributed by atoms with Crippen LogP contribution >= 0.6 is 0 Å². The Balaban J connectivity index is -0.000000313. The van der Waals surface area contributed by atoms with E-state index in [2.05, 4.69) is 30.0 Å². The first kappa shape index (κ1) is 23.8. The molecule has 0 aromatic rings. The summed E-state index contributed by atoms with van der Waals surface area (Å²) in [5.74, 6) is 0. The standard InChI is InChI=1S/C7H19N2O2S.C2H6O3S.CH4/c1-9(2,3)7-5-6-8-12(4,10)11;1-5-6(2,3)4;/h8H,5-7H2,1-4H3;1-2H3;1H4/q+1;;. The van der Waals surface area contributed by atoms with E-state index < -0.39 is 20.1 Å². The average Bonchev–Trinajstić information content (AvgIpc) is 2.09. The molecule has 0 rings (SSSR count). The van der Waals surface area contributed by atoms with Gasteiger partial charge in [-0.2, -0.15) is 8.42 Å². The molecule has 0 aliphatic carbocycles. The Morgan fingerprint density at radius 2 is 1.42 bits per heavy atom. The highest BCUT2D eigenvalue weighted by atomic mass is 32.2. The van der Waals surface area contributed by atoms with E-state index in [-0.39, 0.29) is 7.43 Å². The van der Waals surface area contributed by atoms with Gasteiger partial charge in [-0.1, -0.05) is 7.43 Å². The molecule has 0 spiro atoms. The molecule has 0 heterocycles. The predicted octanol–water partition coefficient (Wildman–Crippen LogP) is -0.140. The van der Waals surface area contributed by atoms with Crippen molar-refractivity contribution in [3.63, 3.8) is 0 Å². The van der Waals surface area contributed by atoms with Gasteiger partial charge in [0.15, 0.2) is 0 Å². The van der Waals surface area contributed by atoms with Gasteiger partial charge in [0.1, 0.15) is 0 Å². The predicted molar refractivity (Wildman–Crippen MR) is 78.9 cm³/mol. The maximum absolute atomic E-state index is 10.6. The lowest BCUT2D eigenvalue weighted by Gasteiger charge is -2.23. The third-order valence-electron chi connectivity index (χ3n) is 1.67. The van der Waals surface area contributed by atoms with Crippen LogP contribution in [0, 0.1) is 0 Å². The summed E-state index contributed by atoms with van der Waals surface area (Å²) >= 11 is 0. The van der Waals surface area contributed by atoms with Gasteiger partial charge in [-0.25, -0.2) is 13.1 Å². The molecule has 9 heteroatoms. The van der Waals surface area contributed by atoms with Crippen LogP contribution in [0.4, 0.5) is 0 Å². The van der Waals surface area contributed by atoms with Crippen LogP contribution in [0.3, 0.4) is 0 Å². The van der Waals surface area contributed by atoms with Crippen molar-refractivity contribution in [2.75, 3.05) is 53.9 Å². The van der Waals surface area contributed by atoms with Gasteiger partial charge < -0.3 is 4.48 Å². The number of sulfonamides is 1. The van der Waals surface area contributed by atoms with Gasteiger partial charge in [0.2, 0.25) is 10.0 Å². The monoisotopic (exact) mass is 321 g/mol. The van der Waals surface area contributed by atoms with Crippen molar-refractivity contribution >= 4 is 20.1 Å². The number of nitrogens with one attached hydrogen (secondary N) is 1. The van der Waals surface area contributed by atoms with Crippen LogP contribution in [0.2, 0.25) is 0 Å². The number of hydrogen-bond acceptors (Lipinski definition) is 5. The molecule has 0 radical (unpaired) electrons. The largest absolute Gasteiger partial charge is 0.331 e. The molecule has 0 fully saturated rings. The van der Waals surface area contributed by atoms with Crippen LogP contribution in [0.25, 0.3) is 0 Å². The molecule has 0 unspecified atom stereocenters. The van der Waals surface area contributed by atoms with Gasteiger partial charge in [-0.3, -0.25) is 4.18 Å². The Labute approximate surface area is 118 Å². The van der Waals surface area contributed by atoms with E-state index in [4.69, 9.17) is 0 Å². The van der Waals surface area contributed by atoms with Gasteiger partial charge in [-0.05, 0) is 0 Å². The van der Waals surface area contributed by atoms with Crippen LogP contribution in [0.5, 0.6) is 0 Å². The first-order chi connectivity index (χ1) is 7.77. The second-order valence-electron chi connectivity index (χ2n) is 4.90. The van der Waals surface area contributed by atoms with Crippen LogP contribution in [0.15, 0.2) is 0 Å². The van der Waals surface area contributed by atoms with E-state index in [1.807, 2.05) is 0 Å². The molecule has 0 aromatic heterocycles. The fourth-order valence-electron chi connectivity index (χ4n) is 0.811. The zero-order valence-corrected chi connectivity index (χ0v) is 13.6. The molecular weight excluding hydrogens is 292 g/mol. The normalized spacial score (nSPS) is 12.1. The highest BCUT2D eigenvalue weighted by Gasteiger charge is 2.06. The third kappa shape index (κ3) is 31.9. The van der Waals surface area contributed by atoms with Crippen molar-refractivity contribution in [2.24, 2.45) is 0 Å². The van der Waals surface area contributed by atoms with Crippen LogP contribution in [0.1, 0.15) is 13.8 Å². The summed E-state index contributed by atoms with van der Waals surface area (Å²) in [5.41, 5.74) is 0. The maximum Gasteiger partial charge on any atom is 0.264 e. The second-order valence-corrected chi connectivity index (χ2v) is 8.48. The average molecular weight is 321 g/mol. The van der Waals surface area contributed by atoms with E-state index in [9.17, 15) is 16.8 Å². The molecule has 120 valence electrons. The van der Waals surface area contributed by atoms with Crippen LogP contribution in [-0.2, 0) is 24.3 Å². The Kier molecular flexibility index (Phi) is 12.1. The number of quaternary nitrogens is 1. The SMILES string of the molecule is C.COS(C)(=O)=O.C[N+](C)(C)CCCNS(C)(=O)=O. The summed E-state index contributed by atoms with van der Waals surface area (Å²) in [6.45, 7) is 1.51. The first-order valence-corrected chi connectivity index (χ1v) is 8.98. The lowest BCUT2D eigenvalue weighted by Crippen LogP contribution is -2.37. The summed E-state index contributed by atoms with van der Waals surface area (Å²) in [6.07, 6.45) is 3.04. The van der Waals surface area contributed by atoms with Gasteiger partial charge in [0.05, 0.1) is 47.3 Å². The quantitative estimate of drug-likeness (QED) is 0.418. The fraction of sp³-hybridized carbons (Fsp3) is 1.00. The molecule has 0 saturated carbocycles.